The van der Waals surface area contributed by atoms with Crippen LogP contribution < -0.4 is 5.32 Å². The van der Waals surface area contributed by atoms with Gasteiger partial charge in [-0.05, 0) is 45.2 Å². The lowest BCUT2D eigenvalue weighted by molar-refractivity contribution is -0.128. The molecule has 0 bridgehead atoms. The van der Waals surface area contributed by atoms with Gasteiger partial charge in [-0.3, -0.25) is 14.8 Å². The van der Waals surface area contributed by atoms with Gasteiger partial charge >= 0.3 is 0 Å². The average molecular weight is 390 g/mol. The molecule has 2 aliphatic heterocycles. The molecule has 2 N–H and O–H groups in total. The number of hydrogen-bond donors (Lipinski definition) is 2. The molecule has 27 heavy (non-hydrogen) atoms. The number of rotatable bonds is 5. The van der Waals surface area contributed by atoms with Crippen molar-refractivity contribution in [3.05, 3.63) is 33.5 Å². The van der Waals surface area contributed by atoms with Gasteiger partial charge in [-0.1, -0.05) is 0 Å². The zero-order valence-electron chi connectivity index (χ0n) is 15.9. The van der Waals surface area contributed by atoms with Crippen LogP contribution in [0.4, 0.5) is 0 Å². The Labute approximate surface area is 163 Å². The fourth-order valence-electron chi connectivity index (χ4n) is 4.01. The summed E-state index contributed by atoms with van der Waals surface area (Å²) in [4.78, 5) is 22.3. The van der Waals surface area contributed by atoms with Crippen LogP contribution in [0.2, 0.25) is 0 Å². The summed E-state index contributed by atoms with van der Waals surface area (Å²) >= 11 is 1.82. The first-order valence-corrected chi connectivity index (χ1v) is 10.5. The molecule has 1 amide bonds. The molecule has 2 aliphatic rings. The Morgan fingerprint density at radius 1 is 1.37 bits per heavy atom. The van der Waals surface area contributed by atoms with Gasteiger partial charge in [0.2, 0.25) is 5.91 Å². The van der Waals surface area contributed by atoms with Crippen LogP contribution in [0.25, 0.3) is 0 Å². The Kier molecular flexibility index (Phi) is 5.56. The highest BCUT2D eigenvalue weighted by atomic mass is 32.1. The van der Waals surface area contributed by atoms with Crippen LogP contribution in [0.3, 0.4) is 0 Å². The second-order valence-corrected chi connectivity index (χ2v) is 8.94. The van der Waals surface area contributed by atoms with E-state index in [9.17, 15) is 4.79 Å². The van der Waals surface area contributed by atoms with Crippen molar-refractivity contribution in [1.82, 2.24) is 25.4 Å². The summed E-state index contributed by atoms with van der Waals surface area (Å²) in [6.45, 7) is 7.11. The van der Waals surface area contributed by atoms with Crippen LogP contribution in [-0.4, -0.2) is 51.8 Å². The number of hydrogen-bond acceptors (Lipinski definition) is 6. The minimum Gasteiger partial charge on any atom is -0.381 e. The highest BCUT2D eigenvalue weighted by Crippen LogP contribution is 2.33. The molecule has 146 valence electrons. The van der Waals surface area contributed by atoms with E-state index in [0.29, 0.717) is 13.2 Å². The van der Waals surface area contributed by atoms with Gasteiger partial charge in [0, 0.05) is 48.0 Å². The maximum absolute atomic E-state index is 12.6. The Bertz CT molecular complexity index is 783. The zero-order valence-corrected chi connectivity index (χ0v) is 16.7. The number of carbonyl (C=O) groups is 1. The molecule has 0 unspecified atom stereocenters. The van der Waals surface area contributed by atoms with Crippen molar-refractivity contribution in [1.29, 1.82) is 0 Å². The number of aryl methyl sites for hydroxylation is 2. The fraction of sp³-hybridized carbons (Fsp3) is 0.632. The van der Waals surface area contributed by atoms with Crippen LogP contribution >= 0.6 is 11.3 Å². The maximum atomic E-state index is 12.6. The summed E-state index contributed by atoms with van der Waals surface area (Å²) in [6.07, 6.45) is 2.48. The monoisotopic (exact) mass is 389 g/mol. The summed E-state index contributed by atoms with van der Waals surface area (Å²) in [5.74, 6) is 1.90. The van der Waals surface area contributed by atoms with Gasteiger partial charge in [0.25, 0.3) is 0 Å². The molecule has 0 saturated carbocycles. The Morgan fingerprint density at radius 2 is 2.19 bits per heavy atom. The Hall–Kier alpha value is -1.77. The second kappa shape index (κ2) is 8.08. The molecule has 4 rings (SSSR count). The van der Waals surface area contributed by atoms with Crippen LogP contribution in [0, 0.1) is 19.8 Å². The predicted octanol–water partition coefficient (Wildman–Crippen LogP) is 2.34. The van der Waals surface area contributed by atoms with E-state index in [2.05, 4.69) is 44.5 Å². The fourth-order valence-corrected chi connectivity index (χ4v) is 4.93. The quantitative estimate of drug-likeness (QED) is 0.820. The van der Waals surface area contributed by atoms with Gasteiger partial charge in [0.15, 0.2) is 5.82 Å². The molecular formula is C19H27N5O2S. The van der Waals surface area contributed by atoms with Crippen molar-refractivity contribution in [2.24, 2.45) is 5.92 Å². The number of amides is 1. The van der Waals surface area contributed by atoms with E-state index in [4.69, 9.17) is 4.74 Å². The number of aromatic nitrogens is 3. The van der Waals surface area contributed by atoms with Crippen molar-refractivity contribution in [2.75, 3.05) is 19.8 Å². The number of ether oxygens (including phenoxy) is 1. The number of nitrogens with zero attached hydrogens (tertiary/aromatic N) is 3. The molecule has 0 aliphatic carbocycles. The van der Waals surface area contributed by atoms with Crippen molar-refractivity contribution in [3.8, 4) is 0 Å². The standard InChI is InChI=1S/C19H27N5O2S/c1-12-3-4-16(27-12)11-24-10-15(9-17(24)18-20-13(2)22-23-18)21-19(25)14-5-7-26-8-6-14/h3-4,14-15,17H,5-11H2,1-2H3,(H,21,25)(H,20,22,23)/t15-,17-/m0/s1. The van der Waals surface area contributed by atoms with Crippen molar-refractivity contribution in [3.63, 3.8) is 0 Å². The summed E-state index contributed by atoms with van der Waals surface area (Å²) in [5.41, 5.74) is 0. The van der Waals surface area contributed by atoms with Gasteiger partial charge < -0.3 is 10.1 Å². The minimum absolute atomic E-state index is 0.0805. The molecule has 0 radical (unpaired) electrons. The van der Waals surface area contributed by atoms with E-state index in [0.717, 1.165) is 44.0 Å². The van der Waals surface area contributed by atoms with Gasteiger partial charge in [0.05, 0.1) is 6.04 Å². The molecule has 4 heterocycles. The average Bonchev–Trinajstić information content (AvgIpc) is 3.37. The summed E-state index contributed by atoms with van der Waals surface area (Å²) in [5, 5.41) is 10.6. The van der Waals surface area contributed by atoms with E-state index in [1.54, 1.807) is 0 Å². The van der Waals surface area contributed by atoms with Crippen molar-refractivity contribution in [2.45, 2.75) is 51.7 Å². The number of aromatic amines is 1. The molecule has 2 saturated heterocycles. The highest BCUT2D eigenvalue weighted by Gasteiger charge is 2.37. The van der Waals surface area contributed by atoms with E-state index < -0.39 is 0 Å². The minimum atomic E-state index is 0.0805. The molecule has 2 fully saturated rings. The SMILES string of the molecule is Cc1nc([C@@H]2C[C@H](NC(=O)C3CCOCC3)CN2Cc2ccc(C)s2)n[nH]1. The number of carbonyl (C=O) groups excluding carboxylic acids is 1. The van der Waals surface area contributed by atoms with E-state index in [1.165, 1.54) is 9.75 Å². The third kappa shape index (κ3) is 4.39. The first kappa shape index (κ1) is 18.6. The number of likely N-dealkylation sites (tertiary alicyclic amines) is 1. The summed E-state index contributed by atoms with van der Waals surface area (Å²) in [7, 11) is 0. The van der Waals surface area contributed by atoms with Crippen molar-refractivity contribution >= 4 is 17.2 Å². The highest BCUT2D eigenvalue weighted by molar-refractivity contribution is 7.11. The van der Waals surface area contributed by atoms with E-state index >= 15 is 0 Å². The Balaban J connectivity index is 1.45. The molecule has 2 atom stereocenters. The predicted molar refractivity (Wildman–Crippen MR) is 103 cm³/mol. The molecule has 2 aromatic rings. The third-order valence-corrected chi connectivity index (χ3v) is 6.39. The van der Waals surface area contributed by atoms with E-state index in [1.807, 2.05) is 18.3 Å². The normalized spacial score (nSPS) is 24.4. The van der Waals surface area contributed by atoms with Crippen molar-refractivity contribution < 1.29 is 9.53 Å². The molecule has 2 aromatic heterocycles. The first-order chi connectivity index (χ1) is 13.1. The molecule has 0 aromatic carbocycles. The lowest BCUT2D eigenvalue weighted by Crippen LogP contribution is -2.41. The maximum Gasteiger partial charge on any atom is 0.223 e. The summed E-state index contributed by atoms with van der Waals surface area (Å²) < 4.78 is 5.38. The zero-order chi connectivity index (χ0) is 18.8. The van der Waals surface area contributed by atoms with Crippen LogP contribution in [0.15, 0.2) is 12.1 Å². The topological polar surface area (TPSA) is 83.1 Å². The van der Waals surface area contributed by atoms with Gasteiger partial charge in [-0.15, -0.1) is 11.3 Å². The second-order valence-electron chi connectivity index (χ2n) is 7.56. The van der Waals surface area contributed by atoms with Crippen LogP contribution in [0.5, 0.6) is 0 Å². The van der Waals surface area contributed by atoms with Gasteiger partial charge in [0.1, 0.15) is 5.82 Å². The molecule has 0 spiro atoms. The molecule has 8 heteroatoms. The number of thiophene rings is 1. The van der Waals surface area contributed by atoms with Crippen LogP contribution in [-0.2, 0) is 16.1 Å². The van der Waals surface area contributed by atoms with E-state index in [-0.39, 0.29) is 23.9 Å². The van der Waals surface area contributed by atoms with Gasteiger partial charge in [-0.25, -0.2) is 4.98 Å². The van der Waals surface area contributed by atoms with Gasteiger partial charge in [-0.2, -0.15) is 5.10 Å². The lowest BCUT2D eigenvalue weighted by atomic mass is 9.99. The molecule has 7 nitrogen and oxygen atoms in total. The Morgan fingerprint density at radius 3 is 2.85 bits per heavy atom. The largest absolute Gasteiger partial charge is 0.381 e. The third-order valence-electron chi connectivity index (χ3n) is 5.41. The number of nitrogens with one attached hydrogen (secondary N) is 2. The number of H-pyrrole nitrogens is 1. The molecular weight excluding hydrogens is 362 g/mol. The first-order valence-electron chi connectivity index (χ1n) is 9.65. The van der Waals surface area contributed by atoms with Crippen LogP contribution in [0.1, 0.15) is 46.7 Å². The smallest absolute Gasteiger partial charge is 0.223 e. The summed E-state index contributed by atoms with van der Waals surface area (Å²) in [6, 6.07) is 4.60. The lowest BCUT2D eigenvalue weighted by Gasteiger charge is -2.23.